The number of hydrogen-bond acceptors (Lipinski definition) is 5. The van der Waals surface area contributed by atoms with Crippen LogP contribution < -0.4 is 0 Å². The molecule has 0 aromatic heterocycles. The van der Waals surface area contributed by atoms with E-state index in [1.807, 2.05) is 0 Å². The summed E-state index contributed by atoms with van der Waals surface area (Å²) in [6.07, 6.45) is 0. The Balaban J connectivity index is 0.000000219. The maximum atomic E-state index is 10.5. The number of para-hydroxylation sites is 1. The Morgan fingerprint density at radius 3 is 1.38 bits per heavy atom. The van der Waals surface area contributed by atoms with Gasteiger partial charge in [-0.15, -0.1) is 0 Å². The molecule has 0 spiro atoms. The summed E-state index contributed by atoms with van der Waals surface area (Å²) in [5.74, 6) is -1.76. The zero-order valence-corrected chi connectivity index (χ0v) is 17.0. The Morgan fingerprint density at radius 1 is 0.724 bits per heavy atom. The third-order valence-electron chi connectivity index (χ3n) is 3.17. The van der Waals surface area contributed by atoms with Crippen molar-refractivity contribution in [2.45, 2.75) is 0 Å². The monoisotopic (exact) mass is 509 g/mol. The van der Waals surface area contributed by atoms with Gasteiger partial charge in [0.25, 0.3) is 5.69 Å². The van der Waals surface area contributed by atoms with Gasteiger partial charge in [0.05, 0.1) is 16.1 Å². The molecule has 0 atom stereocenters. The summed E-state index contributed by atoms with van der Waals surface area (Å²) in [6, 6.07) is 22.7. The maximum absolute atomic E-state index is 10.5. The van der Waals surface area contributed by atoms with Crippen LogP contribution in [0.4, 0.5) is 5.69 Å². The summed E-state index contributed by atoms with van der Waals surface area (Å²) in [6.45, 7) is 0. The lowest BCUT2D eigenvalue weighted by Gasteiger charge is -1.90. The van der Waals surface area contributed by atoms with Crippen LogP contribution in [0.15, 0.2) is 84.9 Å². The number of benzene rings is 3. The molecule has 0 unspecified atom stereocenters. The van der Waals surface area contributed by atoms with Gasteiger partial charge in [0, 0.05) is 6.07 Å². The van der Waals surface area contributed by atoms with Gasteiger partial charge in [-0.1, -0.05) is 48.5 Å². The lowest BCUT2D eigenvalue weighted by atomic mass is 10.2. The topological polar surface area (TPSA) is 135 Å². The summed E-state index contributed by atoms with van der Waals surface area (Å²) in [5, 5.41) is 27.0. The van der Waals surface area contributed by atoms with Gasteiger partial charge >= 0.3 is 11.9 Å². The number of carboxylic acids is 2. The van der Waals surface area contributed by atoms with Crippen LogP contribution in [0.2, 0.25) is 0 Å². The van der Waals surface area contributed by atoms with Crippen molar-refractivity contribution in [1.29, 1.82) is 0 Å². The van der Waals surface area contributed by atoms with Crippen molar-refractivity contribution in [1.82, 2.24) is 0 Å². The van der Waals surface area contributed by atoms with Crippen LogP contribution in [-0.4, -0.2) is 27.1 Å². The van der Waals surface area contributed by atoms with Crippen LogP contribution in [0.1, 0.15) is 20.7 Å². The summed E-state index contributed by atoms with van der Waals surface area (Å²) in [4.78, 5) is 30.1. The van der Waals surface area contributed by atoms with Crippen molar-refractivity contribution in [3.8, 4) is 0 Å². The highest BCUT2D eigenvalue weighted by molar-refractivity contribution is 14.1. The van der Waals surface area contributed by atoms with E-state index in [1.54, 1.807) is 72.8 Å². The number of aromatic carboxylic acids is 2. The van der Waals surface area contributed by atoms with Crippen LogP contribution in [0.25, 0.3) is 0 Å². The van der Waals surface area contributed by atoms with Gasteiger partial charge in [-0.25, -0.2) is 9.59 Å². The third-order valence-corrected chi connectivity index (χ3v) is 4.56. The zero-order valence-electron chi connectivity index (χ0n) is 14.8. The average molecular weight is 509 g/mol. The molecule has 0 aliphatic heterocycles. The normalized spacial score (nSPS) is 9.10. The first kappa shape index (κ1) is 23.6. The molecule has 0 amide bonds. The Hall–Kier alpha value is -3.47. The first-order valence-electron chi connectivity index (χ1n) is 7.94. The van der Waals surface area contributed by atoms with Gasteiger partial charge in [-0.05, 0) is 30.3 Å². The van der Waals surface area contributed by atoms with Gasteiger partial charge < -0.3 is 10.2 Å². The summed E-state index contributed by atoms with van der Waals surface area (Å²) in [7, 11) is 0. The van der Waals surface area contributed by atoms with Gasteiger partial charge in [0.15, 0.2) is 21.2 Å². The molecule has 9 heteroatoms. The number of nitrogens with zero attached hydrogens (tertiary/aromatic N) is 1. The van der Waals surface area contributed by atoms with Gasteiger partial charge in [0.2, 0.25) is 0 Å². The minimum absolute atomic E-state index is 0.0460. The lowest BCUT2D eigenvalue weighted by Crippen LogP contribution is -1.93. The second-order valence-electron chi connectivity index (χ2n) is 5.13. The van der Waals surface area contributed by atoms with Crippen LogP contribution in [0.3, 0.4) is 0 Å². The first-order valence-corrected chi connectivity index (χ1v) is 9.90. The highest BCUT2D eigenvalue weighted by Crippen LogP contribution is 2.22. The van der Waals surface area contributed by atoms with Crippen LogP contribution in [-0.2, 0) is 3.07 Å². The number of carbonyl (C=O) groups is 2. The average Bonchev–Trinajstić information content (AvgIpc) is 2.75. The molecular formula is C20H16INO7. The van der Waals surface area contributed by atoms with Crippen molar-refractivity contribution in [2.24, 2.45) is 0 Å². The van der Waals surface area contributed by atoms with Crippen molar-refractivity contribution >= 4 is 38.8 Å². The minimum atomic E-state index is -1.44. The molecule has 150 valence electrons. The Morgan fingerprint density at radius 2 is 1.10 bits per heavy atom. The molecule has 2 N–H and O–H groups in total. The van der Waals surface area contributed by atoms with Gasteiger partial charge in [-0.3, -0.25) is 13.2 Å². The third kappa shape index (κ3) is 8.84. The number of nitro groups is 1. The van der Waals surface area contributed by atoms with E-state index in [0.29, 0.717) is 14.7 Å². The molecule has 0 aliphatic carbocycles. The molecular weight excluding hydrogens is 493 g/mol. The van der Waals surface area contributed by atoms with E-state index < -0.39 is 38.1 Å². The molecule has 3 aromatic carbocycles. The largest absolute Gasteiger partial charge is 0.478 e. The second-order valence-corrected chi connectivity index (χ2v) is 6.73. The number of halogens is 1. The Labute approximate surface area is 176 Å². The van der Waals surface area contributed by atoms with E-state index in [1.165, 1.54) is 12.1 Å². The molecule has 0 aliphatic rings. The summed E-state index contributed by atoms with van der Waals surface area (Å²) < 4.78 is 10.8. The van der Waals surface area contributed by atoms with Crippen molar-refractivity contribution in [3.05, 3.63) is 110 Å². The van der Waals surface area contributed by atoms with E-state index >= 15 is 0 Å². The molecule has 0 heterocycles. The number of hydrogen-bond donors (Lipinski definition) is 2. The fourth-order valence-electron chi connectivity index (χ4n) is 1.83. The maximum Gasteiger partial charge on any atom is 0.335 e. The summed E-state index contributed by atoms with van der Waals surface area (Å²) in [5.41, 5.74) is 0.616. The minimum Gasteiger partial charge on any atom is -0.478 e. The molecule has 0 radical (unpaired) electrons. The smallest absolute Gasteiger partial charge is 0.335 e. The molecule has 3 rings (SSSR count). The molecule has 0 saturated carbocycles. The number of carboxylic acid groups (broad SMARTS) is 2. The van der Waals surface area contributed by atoms with Crippen molar-refractivity contribution in [3.63, 3.8) is 0 Å². The fraction of sp³-hybridized carbons (Fsp3) is 0. The molecule has 0 bridgehead atoms. The number of nitro benzene ring substituents is 1. The van der Waals surface area contributed by atoms with Crippen molar-refractivity contribution < 1.29 is 27.8 Å². The van der Waals surface area contributed by atoms with Crippen LogP contribution >= 0.6 is 21.2 Å². The van der Waals surface area contributed by atoms with Crippen molar-refractivity contribution in [2.75, 3.05) is 0 Å². The van der Waals surface area contributed by atoms with Gasteiger partial charge in [0.1, 0.15) is 3.57 Å². The van der Waals surface area contributed by atoms with E-state index in [9.17, 15) is 22.8 Å². The van der Waals surface area contributed by atoms with Gasteiger partial charge in [-0.2, -0.15) is 0 Å². The van der Waals surface area contributed by atoms with E-state index in [2.05, 4.69) is 0 Å². The van der Waals surface area contributed by atoms with E-state index in [4.69, 9.17) is 10.2 Å². The lowest BCUT2D eigenvalue weighted by molar-refractivity contribution is -0.385. The standard InChI is InChI=1S/2C7H6O2.C6H4INO3/c2*8-7(9)6-4-2-1-3-5-6;9-7-5-3-1-2-4-6(5)8(10)11/h2*1-5H,(H,8,9);1-4H. The molecule has 0 saturated heterocycles. The Kier molecular flexibility index (Phi) is 10.4. The SMILES string of the molecule is O=C(O)c1ccccc1.O=C(O)c1ccccc1.O=Ic1ccccc1[N+](=O)[O-]. The second kappa shape index (κ2) is 12.8. The zero-order chi connectivity index (χ0) is 21.6. The van der Waals surface area contributed by atoms with Crippen LogP contribution in [0.5, 0.6) is 0 Å². The van der Waals surface area contributed by atoms with Crippen LogP contribution in [0, 0.1) is 13.7 Å². The molecule has 8 nitrogen and oxygen atoms in total. The van der Waals surface area contributed by atoms with E-state index in [0.717, 1.165) is 0 Å². The molecule has 29 heavy (non-hydrogen) atoms. The number of rotatable bonds is 4. The van der Waals surface area contributed by atoms with E-state index in [-0.39, 0.29) is 5.69 Å². The highest BCUT2D eigenvalue weighted by Gasteiger charge is 2.11. The predicted octanol–water partition coefficient (Wildman–Crippen LogP) is 4.85. The quantitative estimate of drug-likeness (QED) is 0.292. The summed E-state index contributed by atoms with van der Waals surface area (Å²) >= 11 is -1.44. The molecule has 3 aromatic rings. The Bertz CT molecular complexity index is 913. The fourth-order valence-corrected chi connectivity index (χ4v) is 2.78. The predicted molar refractivity (Wildman–Crippen MR) is 113 cm³/mol. The first-order chi connectivity index (χ1) is 13.9. The molecule has 0 fully saturated rings. The highest BCUT2D eigenvalue weighted by atomic mass is 127.